The van der Waals surface area contributed by atoms with E-state index in [4.69, 9.17) is 32.5 Å². The molecule has 2 bridgehead atoms. The number of halogens is 2. The van der Waals surface area contributed by atoms with Crippen LogP contribution in [0.15, 0.2) is 28.8 Å². The van der Waals surface area contributed by atoms with Gasteiger partial charge in [0.15, 0.2) is 6.61 Å². The van der Waals surface area contributed by atoms with Gasteiger partial charge < -0.3 is 25.0 Å². The van der Waals surface area contributed by atoms with Crippen LogP contribution in [-0.2, 0) is 4.79 Å². The molecule has 0 unspecified atom stereocenters. The van der Waals surface area contributed by atoms with E-state index in [1.165, 1.54) is 0 Å². The van der Waals surface area contributed by atoms with Crippen molar-refractivity contribution in [2.24, 2.45) is 0 Å². The predicted octanol–water partition coefficient (Wildman–Crippen LogP) is 3.60. The van der Waals surface area contributed by atoms with Crippen LogP contribution in [0.2, 0.25) is 10.0 Å². The summed E-state index contributed by atoms with van der Waals surface area (Å²) in [6.07, 6.45) is 4.13. The number of rotatable bonds is 7. The summed E-state index contributed by atoms with van der Waals surface area (Å²) in [5.74, 6) is 0.409. The smallest absolute Gasteiger partial charge is 0.290 e. The van der Waals surface area contributed by atoms with Crippen molar-refractivity contribution in [2.45, 2.75) is 68.0 Å². The largest absolute Gasteiger partial charge is 0.484 e. The van der Waals surface area contributed by atoms with Crippen molar-refractivity contribution < 1.29 is 24.0 Å². The fourth-order valence-electron chi connectivity index (χ4n) is 4.96. The fraction of sp³-hybridized carbons (Fsp3) is 0.522. The zero-order valence-electron chi connectivity index (χ0n) is 17.9. The van der Waals surface area contributed by atoms with Crippen molar-refractivity contribution in [3.63, 3.8) is 0 Å². The first-order valence-corrected chi connectivity index (χ1v) is 11.9. The first-order chi connectivity index (χ1) is 15.8. The third-order valence-electron chi connectivity index (χ3n) is 7.10. The van der Waals surface area contributed by atoms with Gasteiger partial charge in [0.25, 0.3) is 11.8 Å². The van der Waals surface area contributed by atoms with Gasteiger partial charge in [-0.2, -0.15) is 0 Å². The van der Waals surface area contributed by atoms with E-state index in [1.807, 2.05) is 0 Å². The van der Waals surface area contributed by atoms with Gasteiger partial charge in [0.05, 0.1) is 27.4 Å². The lowest BCUT2D eigenvalue weighted by Gasteiger charge is -2.56. The van der Waals surface area contributed by atoms with Crippen molar-refractivity contribution in [3.8, 4) is 5.75 Å². The number of carbonyl (C=O) groups is 2. The average Bonchev–Trinajstić information content (AvgIpc) is 3.52. The van der Waals surface area contributed by atoms with E-state index in [2.05, 4.69) is 15.8 Å². The molecule has 6 rings (SSSR count). The fourth-order valence-corrected chi connectivity index (χ4v) is 5.25. The highest BCUT2D eigenvalue weighted by molar-refractivity contribution is 6.42. The first-order valence-electron chi connectivity index (χ1n) is 11.1. The van der Waals surface area contributed by atoms with Gasteiger partial charge in [-0.3, -0.25) is 9.59 Å². The number of hydrogen-bond acceptors (Lipinski definition) is 6. The summed E-state index contributed by atoms with van der Waals surface area (Å²) in [5.41, 5.74) is -0.419. The Morgan fingerprint density at radius 3 is 2.55 bits per heavy atom. The Balaban J connectivity index is 1.17. The number of carbonyl (C=O) groups excluding carboxylic acids is 2. The maximum absolute atomic E-state index is 12.7. The zero-order chi connectivity index (χ0) is 23.2. The lowest BCUT2D eigenvalue weighted by Crippen LogP contribution is -2.70. The highest BCUT2D eigenvalue weighted by Gasteiger charge is 2.55. The van der Waals surface area contributed by atoms with Gasteiger partial charge in [0, 0.05) is 23.6 Å². The van der Waals surface area contributed by atoms with Crippen LogP contribution in [0, 0.1) is 0 Å². The molecule has 0 aliphatic heterocycles. The van der Waals surface area contributed by atoms with Crippen LogP contribution < -0.4 is 15.4 Å². The maximum atomic E-state index is 12.7. The van der Waals surface area contributed by atoms with Crippen molar-refractivity contribution >= 4 is 35.0 Å². The third-order valence-corrected chi connectivity index (χ3v) is 7.84. The molecule has 2 aromatic rings. The van der Waals surface area contributed by atoms with Crippen molar-refractivity contribution in [2.75, 3.05) is 6.61 Å². The Hall–Kier alpha value is -2.29. The van der Waals surface area contributed by atoms with Crippen LogP contribution in [0.25, 0.3) is 0 Å². The predicted molar refractivity (Wildman–Crippen MR) is 121 cm³/mol. The molecule has 33 heavy (non-hydrogen) atoms. The average molecular weight is 494 g/mol. The van der Waals surface area contributed by atoms with E-state index >= 15 is 0 Å². The Morgan fingerprint density at radius 2 is 1.88 bits per heavy atom. The molecule has 4 saturated carbocycles. The van der Waals surface area contributed by atoms with Crippen molar-refractivity contribution in [3.05, 3.63) is 45.8 Å². The molecular weight excluding hydrogens is 469 g/mol. The summed E-state index contributed by atoms with van der Waals surface area (Å²) >= 11 is 11.9. The van der Waals surface area contributed by atoms with Gasteiger partial charge in [-0.05, 0) is 57.1 Å². The number of nitrogens with zero attached hydrogens (tertiary/aromatic N) is 1. The maximum Gasteiger partial charge on any atom is 0.290 e. The summed E-state index contributed by atoms with van der Waals surface area (Å²) in [7, 11) is 0. The monoisotopic (exact) mass is 493 g/mol. The Labute approximate surface area is 200 Å². The second kappa shape index (κ2) is 8.49. The number of aliphatic hydroxyl groups excluding tert-OH is 1. The normalized spacial score (nSPS) is 28.4. The molecule has 176 valence electrons. The Kier molecular flexibility index (Phi) is 5.79. The van der Waals surface area contributed by atoms with Gasteiger partial charge in [-0.1, -0.05) is 28.4 Å². The minimum atomic E-state index is -0.786. The van der Waals surface area contributed by atoms with E-state index in [9.17, 15) is 14.7 Å². The number of nitrogens with one attached hydrogen (secondary N) is 2. The number of benzene rings is 1. The standard InChI is InChI=1S/C23H25Cl2N3O5/c24-15-4-3-14(9-16(15)25)32-12-20(30)26-23-7-5-22(6-8-23,11-19(23)29)27-21(31)18-10-17(28-33-18)13-1-2-13/h3-4,9-10,13,19,29H,1-2,5-8,11-12H2,(H,26,30)(H,27,31)/t19-,22?,23?/m1/s1. The minimum Gasteiger partial charge on any atom is -0.484 e. The Bertz CT molecular complexity index is 1080. The molecule has 1 atom stereocenters. The molecule has 4 aliphatic carbocycles. The van der Waals surface area contributed by atoms with Crippen molar-refractivity contribution in [1.29, 1.82) is 0 Å². The van der Waals surface area contributed by atoms with Crippen LogP contribution in [-0.4, -0.2) is 45.9 Å². The van der Waals surface area contributed by atoms with Gasteiger partial charge in [-0.15, -0.1) is 0 Å². The molecule has 1 heterocycles. The van der Waals surface area contributed by atoms with Crippen LogP contribution in [0.4, 0.5) is 0 Å². The highest BCUT2D eigenvalue weighted by Crippen LogP contribution is 2.47. The lowest BCUT2D eigenvalue weighted by atomic mass is 9.60. The molecule has 10 heteroatoms. The summed E-state index contributed by atoms with van der Waals surface area (Å²) < 4.78 is 10.8. The first kappa shape index (κ1) is 22.5. The van der Waals surface area contributed by atoms with E-state index in [0.717, 1.165) is 18.5 Å². The van der Waals surface area contributed by atoms with Gasteiger partial charge in [0.2, 0.25) is 5.76 Å². The molecule has 1 aromatic carbocycles. The molecular formula is C23H25Cl2N3O5. The molecule has 4 aliphatic rings. The molecule has 8 nitrogen and oxygen atoms in total. The molecule has 0 spiro atoms. The molecule has 0 saturated heterocycles. The molecule has 2 amide bonds. The molecule has 1 aromatic heterocycles. The van der Waals surface area contributed by atoms with Crippen LogP contribution in [0.1, 0.15) is 67.1 Å². The summed E-state index contributed by atoms with van der Waals surface area (Å²) in [6.45, 7) is -0.205. The second-order valence-corrected chi connectivity index (χ2v) is 10.2. The Morgan fingerprint density at radius 1 is 1.12 bits per heavy atom. The zero-order valence-corrected chi connectivity index (χ0v) is 19.4. The van der Waals surface area contributed by atoms with Gasteiger partial charge >= 0.3 is 0 Å². The van der Waals surface area contributed by atoms with Gasteiger partial charge in [-0.25, -0.2) is 0 Å². The van der Waals surface area contributed by atoms with Crippen LogP contribution in [0.3, 0.4) is 0 Å². The van der Waals surface area contributed by atoms with Crippen LogP contribution >= 0.6 is 23.2 Å². The SMILES string of the molecule is O=C(COc1ccc(Cl)c(Cl)c1)NC12CCC(NC(=O)c3cc(C4CC4)no3)(CC1)C[C@H]2O. The minimum absolute atomic E-state index is 0.205. The lowest BCUT2D eigenvalue weighted by molar-refractivity contribution is -0.132. The number of aromatic nitrogens is 1. The van der Waals surface area contributed by atoms with Crippen molar-refractivity contribution in [1.82, 2.24) is 15.8 Å². The molecule has 4 fully saturated rings. The summed E-state index contributed by atoms with van der Waals surface area (Å²) in [4.78, 5) is 25.3. The molecule has 3 N–H and O–H groups in total. The van der Waals surface area contributed by atoms with Gasteiger partial charge in [0.1, 0.15) is 5.75 Å². The highest BCUT2D eigenvalue weighted by atomic mass is 35.5. The van der Waals surface area contributed by atoms with E-state index in [-0.39, 0.29) is 24.2 Å². The topological polar surface area (TPSA) is 114 Å². The quantitative estimate of drug-likeness (QED) is 0.542. The number of ether oxygens (including phenoxy) is 1. The molecule has 0 radical (unpaired) electrons. The summed E-state index contributed by atoms with van der Waals surface area (Å²) in [6, 6.07) is 6.49. The number of fused-ring (bicyclic) bond motifs is 3. The van der Waals surface area contributed by atoms with Crippen LogP contribution in [0.5, 0.6) is 5.75 Å². The third kappa shape index (κ3) is 4.56. The number of amides is 2. The number of aliphatic hydroxyl groups is 1. The van der Waals surface area contributed by atoms with E-state index < -0.39 is 17.2 Å². The second-order valence-electron chi connectivity index (χ2n) is 9.41. The van der Waals surface area contributed by atoms with E-state index in [1.54, 1.807) is 24.3 Å². The number of hydrogen-bond donors (Lipinski definition) is 3. The summed E-state index contributed by atoms with van der Waals surface area (Å²) in [5, 5.41) is 21.7. The van der Waals surface area contributed by atoms with E-state index in [0.29, 0.717) is 53.8 Å².